The fourth-order valence-corrected chi connectivity index (χ4v) is 3.06. The summed E-state index contributed by atoms with van der Waals surface area (Å²) in [6.45, 7) is 1.82. The molecule has 0 amide bonds. The first-order valence-electron chi connectivity index (χ1n) is 8.18. The van der Waals surface area contributed by atoms with Gasteiger partial charge in [-0.15, -0.1) is 10.2 Å². The Kier molecular flexibility index (Phi) is 3.32. The summed E-state index contributed by atoms with van der Waals surface area (Å²) in [5.41, 5.74) is 2.38. The molecular weight excluding hydrogens is 346 g/mol. The van der Waals surface area contributed by atoms with Crippen molar-refractivity contribution in [1.29, 1.82) is 0 Å². The van der Waals surface area contributed by atoms with Crippen molar-refractivity contribution in [2.45, 2.75) is 6.92 Å². The van der Waals surface area contributed by atoms with Crippen molar-refractivity contribution in [2.24, 2.45) is 0 Å². The molecule has 0 bridgehead atoms. The van der Waals surface area contributed by atoms with Gasteiger partial charge in [0.05, 0.1) is 18.7 Å². The number of benzene rings is 1. The van der Waals surface area contributed by atoms with Crippen molar-refractivity contribution in [3.05, 3.63) is 48.6 Å². The molecule has 0 saturated carbocycles. The Balaban J connectivity index is 1.92. The predicted molar refractivity (Wildman–Crippen MR) is 96.1 cm³/mol. The molecule has 0 unspecified atom stereocenters. The molecule has 0 spiro atoms. The Morgan fingerprint density at radius 1 is 1.11 bits per heavy atom. The number of rotatable bonds is 3. The standard InChI is InChI=1S/C18H13N7O2/c1-10-8-12(24-27-10)18-22-21-17-11-4-3-5-14(26-2)15(11)16(23-25(17)18)13-9-19-6-7-20-13/h3-9H,1-2H3. The van der Waals surface area contributed by atoms with E-state index in [-0.39, 0.29) is 0 Å². The summed E-state index contributed by atoms with van der Waals surface area (Å²) in [5.74, 6) is 1.83. The smallest absolute Gasteiger partial charge is 0.207 e. The minimum absolute atomic E-state index is 0.483. The lowest BCUT2D eigenvalue weighted by Gasteiger charge is -2.10. The van der Waals surface area contributed by atoms with Gasteiger partial charge in [-0.05, 0) is 13.0 Å². The van der Waals surface area contributed by atoms with Gasteiger partial charge in [0.2, 0.25) is 5.82 Å². The molecule has 9 heteroatoms. The molecule has 5 rings (SSSR count). The van der Waals surface area contributed by atoms with Crippen LogP contribution >= 0.6 is 0 Å². The summed E-state index contributed by atoms with van der Waals surface area (Å²) >= 11 is 0. The second-order valence-corrected chi connectivity index (χ2v) is 5.90. The normalized spacial score (nSPS) is 11.3. The highest BCUT2D eigenvalue weighted by atomic mass is 16.5. The maximum Gasteiger partial charge on any atom is 0.207 e. The number of aromatic nitrogens is 7. The number of nitrogens with zero attached hydrogens (tertiary/aromatic N) is 7. The third kappa shape index (κ3) is 2.32. The van der Waals surface area contributed by atoms with Crippen LogP contribution in [0.15, 0.2) is 47.4 Å². The van der Waals surface area contributed by atoms with E-state index in [2.05, 4.69) is 25.3 Å². The van der Waals surface area contributed by atoms with Gasteiger partial charge in [0.1, 0.15) is 22.9 Å². The van der Waals surface area contributed by atoms with Crippen molar-refractivity contribution < 1.29 is 9.26 Å². The van der Waals surface area contributed by atoms with Crippen LogP contribution < -0.4 is 4.74 Å². The SMILES string of the molecule is COc1cccc2c1c(-c1cnccn1)nn1c(-c3cc(C)on3)nnc21. The average molecular weight is 359 g/mol. The lowest BCUT2D eigenvalue weighted by Crippen LogP contribution is -2.02. The van der Waals surface area contributed by atoms with Crippen LogP contribution in [0.2, 0.25) is 0 Å². The van der Waals surface area contributed by atoms with E-state index in [1.54, 1.807) is 36.3 Å². The number of ether oxygens (including phenoxy) is 1. The van der Waals surface area contributed by atoms with Gasteiger partial charge in [-0.25, -0.2) is 0 Å². The van der Waals surface area contributed by atoms with Crippen molar-refractivity contribution in [3.8, 4) is 28.7 Å². The summed E-state index contributed by atoms with van der Waals surface area (Å²) in [5, 5.41) is 19.0. The highest BCUT2D eigenvalue weighted by Gasteiger charge is 2.21. The van der Waals surface area contributed by atoms with E-state index in [0.717, 1.165) is 10.8 Å². The first-order chi connectivity index (χ1) is 13.3. The van der Waals surface area contributed by atoms with Crippen molar-refractivity contribution >= 4 is 16.4 Å². The fourth-order valence-electron chi connectivity index (χ4n) is 3.06. The minimum Gasteiger partial charge on any atom is -0.496 e. The lowest BCUT2D eigenvalue weighted by molar-refractivity contribution is 0.399. The average Bonchev–Trinajstić information content (AvgIpc) is 3.33. The van der Waals surface area contributed by atoms with Gasteiger partial charge in [-0.2, -0.15) is 9.61 Å². The number of fused-ring (bicyclic) bond motifs is 3. The molecule has 4 aromatic heterocycles. The van der Waals surface area contributed by atoms with E-state index in [9.17, 15) is 0 Å². The molecule has 0 N–H and O–H groups in total. The highest BCUT2D eigenvalue weighted by Crippen LogP contribution is 2.35. The third-order valence-corrected chi connectivity index (χ3v) is 4.23. The molecule has 0 saturated heterocycles. The van der Waals surface area contributed by atoms with Crippen LogP contribution in [0.5, 0.6) is 5.75 Å². The second kappa shape index (κ2) is 5.84. The summed E-state index contributed by atoms with van der Waals surface area (Å²) < 4.78 is 12.4. The number of hydrogen-bond acceptors (Lipinski definition) is 8. The Hall–Kier alpha value is -3.88. The topological polar surface area (TPSA) is 104 Å². The first-order valence-corrected chi connectivity index (χ1v) is 8.18. The van der Waals surface area contributed by atoms with Crippen molar-refractivity contribution in [3.63, 3.8) is 0 Å². The zero-order valence-electron chi connectivity index (χ0n) is 14.5. The molecule has 9 nitrogen and oxygen atoms in total. The Morgan fingerprint density at radius 3 is 2.78 bits per heavy atom. The Bertz CT molecular complexity index is 1280. The molecule has 0 atom stereocenters. The van der Waals surface area contributed by atoms with Gasteiger partial charge < -0.3 is 9.26 Å². The number of methoxy groups -OCH3 is 1. The molecule has 0 aliphatic heterocycles. The molecule has 4 heterocycles. The van der Waals surface area contributed by atoms with E-state index in [1.165, 1.54) is 0 Å². The minimum atomic E-state index is 0.483. The van der Waals surface area contributed by atoms with Gasteiger partial charge in [-0.1, -0.05) is 17.3 Å². The Morgan fingerprint density at radius 2 is 2.04 bits per heavy atom. The van der Waals surface area contributed by atoms with Crippen LogP contribution in [0.25, 0.3) is 39.3 Å². The molecule has 0 fully saturated rings. The molecule has 0 aliphatic rings. The highest BCUT2D eigenvalue weighted by molar-refractivity contribution is 6.04. The number of hydrogen-bond donors (Lipinski definition) is 0. The first kappa shape index (κ1) is 15.4. The van der Waals surface area contributed by atoms with Gasteiger partial charge in [0.15, 0.2) is 11.3 Å². The molecule has 27 heavy (non-hydrogen) atoms. The molecule has 1 aromatic carbocycles. The number of aryl methyl sites for hydroxylation is 1. The van der Waals surface area contributed by atoms with E-state index < -0.39 is 0 Å². The molecule has 5 aromatic rings. The van der Waals surface area contributed by atoms with Crippen molar-refractivity contribution in [1.82, 2.24) is 34.9 Å². The van der Waals surface area contributed by atoms with E-state index in [1.807, 2.05) is 25.1 Å². The van der Waals surface area contributed by atoms with Crippen LogP contribution in [0.1, 0.15) is 5.76 Å². The second-order valence-electron chi connectivity index (χ2n) is 5.90. The summed E-state index contributed by atoms with van der Waals surface area (Å²) in [7, 11) is 1.62. The lowest BCUT2D eigenvalue weighted by atomic mass is 10.1. The molecule has 0 radical (unpaired) electrons. The molecule has 0 aliphatic carbocycles. The maximum absolute atomic E-state index is 5.56. The zero-order chi connectivity index (χ0) is 18.4. The largest absolute Gasteiger partial charge is 0.496 e. The van der Waals surface area contributed by atoms with Crippen LogP contribution in [-0.2, 0) is 0 Å². The van der Waals surface area contributed by atoms with Crippen molar-refractivity contribution in [2.75, 3.05) is 7.11 Å². The molecule has 132 valence electrons. The quantitative estimate of drug-likeness (QED) is 0.484. The van der Waals surface area contributed by atoms with Crippen LogP contribution in [0.4, 0.5) is 0 Å². The fraction of sp³-hybridized carbons (Fsp3) is 0.111. The van der Waals surface area contributed by atoms with E-state index >= 15 is 0 Å². The summed E-state index contributed by atoms with van der Waals surface area (Å²) in [6, 6.07) is 7.51. The van der Waals surface area contributed by atoms with Gasteiger partial charge >= 0.3 is 0 Å². The predicted octanol–water partition coefficient (Wildman–Crippen LogP) is 2.71. The third-order valence-electron chi connectivity index (χ3n) is 4.23. The van der Waals surface area contributed by atoms with E-state index in [4.69, 9.17) is 14.4 Å². The van der Waals surface area contributed by atoms with Crippen LogP contribution in [-0.4, -0.2) is 42.0 Å². The maximum atomic E-state index is 5.56. The Labute approximate surface area is 152 Å². The van der Waals surface area contributed by atoms with Gasteiger partial charge in [0, 0.05) is 23.8 Å². The monoisotopic (exact) mass is 359 g/mol. The summed E-state index contributed by atoms with van der Waals surface area (Å²) in [4.78, 5) is 8.57. The van der Waals surface area contributed by atoms with E-state index in [0.29, 0.717) is 40.1 Å². The van der Waals surface area contributed by atoms with Gasteiger partial charge in [-0.3, -0.25) is 9.97 Å². The van der Waals surface area contributed by atoms with Gasteiger partial charge in [0.25, 0.3) is 0 Å². The molecular formula is C18H13N7O2. The summed E-state index contributed by atoms with van der Waals surface area (Å²) in [6.07, 6.45) is 4.89. The van der Waals surface area contributed by atoms with Crippen LogP contribution in [0, 0.1) is 6.92 Å². The zero-order valence-corrected chi connectivity index (χ0v) is 14.5. The van der Waals surface area contributed by atoms with Crippen LogP contribution in [0.3, 0.4) is 0 Å².